The maximum absolute atomic E-state index is 12.4. The summed E-state index contributed by atoms with van der Waals surface area (Å²) in [5, 5.41) is 6.70. The molecule has 0 saturated carbocycles. The number of fused-ring (bicyclic) bond motifs is 1. The predicted octanol–water partition coefficient (Wildman–Crippen LogP) is 2.86. The third-order valence-corrected chi connectivity index (χ3v) is 4.62. The molecule has 0 aromatic heterocycles. The smallest absolute Gasteiger partial charge is 0.227 e. The van der Waals surface area contributed by atoms with Crippen molar-refractivity contribution in [1.29, 1.82) is 0 Å². The first-order valence-electron chi connectivity index (χ1n) is 8.78. The molecule has 0 unspecified atom stereocenters. The zero-order chi connectivity index (χ0) is 16.8. The van der Waals surface area contributed by atoms with Crippen LogP contribution in [0.3, 0.4) is 0 Å². The van der Waals surface area contributed by atoms with Gasteiger partial charge in [0.1, 0.15) is 0 Å². The molecule has 0 spiro atoms. The van der Waals surface area contributed by atoms with Crippen molar-refractivity contribution in [1.82, 2.24) is 10.6 Å². The van der Waals surface area contributed by atoms with E-state index in [1.54, 1.807) is 7.05 Å². The number of carbonyl (C=O) groups excluding carboxylic acids is 1. The van der Waals surface area contributed by atoms with Crippen LogP contribution in [0.1, 0.15) is 31.2 Å². The molecular formula is C19H27IN4O. The van der Waals surface area contributed by atoms with Crippen LogP contribution in [0.5, 0.6) is 0 Å². The number of amides is 1. The molecule has 2 aliphatic rings. The van der Waals surface area contributed by atoms with E-state index in [1.807, 2.05) is 23.1 Å². The summed E-state index contributed by atoms with van der Waals surface area (Å²) in [6.45, 7) is 1.56. The lowest BCUT2D eigenvalue weighted by Gasteiger charge is -2.18. The van der Waals surface area contributed by atoms with Gasteiger partial charge in [-0.2, -0.15) is 0 Å². The second-order valence-corrected chi connectivity index (χ2v) is 6.31. The predicted molar refractivity (Wildman–Crippen MR) is 114 cm³/mol. The molecule has 1 aliphatic carbocycles. The number of halogens is 1. The van der Waals surface area contributed by atoms with E-state index >= 15 is 0 Å². The van der Waals surface area contributed by atoms with Crippen molar-refractivity contribution in [2.24, 2.45) is 4.99 Å². The van der Waals surface area contributed by atoms with E-state index in [1.165, 1.54) is 5.56 Å². The first-order valence-corrected chi connectivity index (χ1v) is 8.78. The Hall–Kier alpha value is -1.57. The Bertz CT molecular complexity index is 636. The quantitative estimate of drug-likeness (QED) is 0.237. The van der Waals surface area contributed by atoms with Crippen molar-refractivity contribution in [2.75, 3.05) is 25.0 Å². The largest absolute Gasteiger partial charge is 0.356 e. The summed E-state index contributed by atoms with van der Waals surface area (Å²) in [6.07, 6.45) is 8.81. The van der Waals surface area contributed by atoms with Crippen molar-refractivity contribution in [2.45, 2.75) is 38.1 Å². The van der Waals surface area contributed by atoms with E-state index in [0.717, 1.165) is 50.4 Å². The van der Waals surface area contributed by atoms with Gasteiger partial charge in [0.15, 0.2) is 5.96 Å². The summed E-state index contributed by atoms with van der Waals surface area (Å²) in [5.74, 6) is 1.03. The lowest BCUT2D eigenvalue weighted by molar-refractivity contribution is -0.118. The number of nitrogens with one attached hydrogen (secondary N) is 2. The van der Waals surface area contributed by atoms with E-state index in [-0.39, 0.29) is 29.9 Å². The number of nitrogens with zero attached hydrogens (tertiary/aromatic N) is 2. The molecule has 0 fully saturated rings. The van der Waals surface area contributed by atoms with E-state index in [9.17, 15) is 4.79 Å². The second kappa shape index (κ2) is 9.79. The fraction of sp³-hybridized carbons (Fsp3) is 0.474. The van der Waals surface area contributed by atoms with E-state index < -0.39 is 0 Å². The van der Waals surface area contributed by atoms with E-state index in [4.69, 9.17) is 0 Å². The van der Waals surface area contributed by atoms with Gasteiger partial charge >= 0.3 is 0 Å². The first kappa shape index (κ1) is 19.8. The molecule has 0 saturated heterocycles. The van der Waals surface area contributed by atoms with Gasteiger partial charge in [-0.1, -0.05) is 30.4 Å². The lowest BCUT2D eigenvalue weighted by atomic mass is 10.2. The summed E-state index contributed by atoms with van der Waals surface area (Å²) in [4.78, 5) is 18.6. The van der Waals surface area contributed by atoms with Crippen molar-refractivity contribution in [3.63, 3.8) is 0 Å². The number of carbonyl (C=O) groups is 1. The van der Waals surface area contributed by atoms with Gasteiger partial charge in [0, 0.05) is 38.3 Å². The molecule has 1 heterocycles. The van der Waals surface area contributed by atoms with Crippen LogP contribution in [0.2, 0.25) is 0 Å². The van der Waals surface area contributed by atoms with E-state index in [0.29, 0.717) is 12.5 Å². The van der Waals surface area contributed by atoms with Crippen molar-refractivity contribution < 1.29 is 4.79 Å². The maximum Gasteiger partial charge on any atom is 0.227 e. The highest BCUT2D eigenvalue weighted by molar-refractivity contribution is 14.0. The Balaban J connectivity index is 0.00000225. The van der Waals surface area contributed by atoms with Crippen molar-refractivity contribution in [3.8, 4) is 0 Å². The number of aliphatic imine (C=N–C) groups is 1. The van der Waals surface area contributed by atoms with Gasteiger partial charge in [-0.05, 0) is 37.3 Å². The molecular weight excluding hydrogens is 427 g/mol. The fourth-order valence-corrected chi connectivity index (χ4v) is 3.30. The maximum atomic E-state index is 12.4. The second-order valence-electron chi connectivity index (χ2n) is 6.31. The zero-order valence-corrected chi connectivity index (χ0v) is 17.0. The average Bonchev–Trinajstić information content (AvgIpc) is 3.26. The first-order chi connectivity index (χ1) is 11.8. The Kier molecular flexibility index (Phi) is 7.74. The van der Waals surface area contributed by atoms with Gasteiger partial charge in [0.2, 0.25) is 5.91 Å². The number of para-hydroxylation sites is 1. The summed E-state index contributed by atoms with van der Waals surface area (Å²) in [7, 11) is 1.78. The number of hydrogen-bond donors (Lipinski definition) is 2. The molecule has 25 heavy (non-hydrogen) atoms. The average molecular weight is 454 g/mol. The summed E-state index contributed by atoms with van der Waals surface area (Å²) in [5.41, 5.74) is 2.36. The fourth-order valence-electron chi connectivity index (χ4n) is 3.30. The summed E-state index contributed by atoms with van der Waals surface area (Å²) in [6, 6.07) is 8.63. The highest BCUT2D eigenvalue weighted by Crippen LogP contribution is 2.27. The number of anilines is 1. The molecule has 3 rings (SSSR count). The Morgan fingerprint density at radius 1 is 1.28 bits per heavy atom. The topological polar surface area (TPSA) is 56.7 Å². The molecule has 1 amide bonds. The van der Waals surface area contributed by atoms with Crippen LogP contribution >= 0.6 is 24.0 Å². The molecule has 0 radical (unpaired) electrons. The summed E-state index contributed by atoms with van der Waals surface area (Å²) < 4.78 is 0. The Morgan fingerprint density at radius 2 is 2.04 bits per heavy atom. The molecule has 136 valence electrons. The monoisotopic (exact) mass is 454 g/mol. The van der Waals surface area contributed by atoms with Crippen LogP contribution in [0.15, 0.2) is 41.4 Å². The molecule has 1 aromatic rings. The third-order valence-electron chi connectivity index (χ3n) is 4.62. The van der Waals surface area contributed by atoms with Crippen molar-refractivity contribution >= 4 is 41.5 Å². The standard InChI is InChI=1S/C19H26N4O.HI/c1-20-19(22-16-8-3-4-9-16)21-13-6-11-18(24)23-14-12-15-7-2-5-10-17(15)23;/h2-5,7,10,16H,6,8-9,11-14H2,1H3,(H2,20,21,22);1H. The highest BCUT2D eigenvalue weighted by atomic mass is 127. The van der Waals surface area contributed by atoms with Gasteiger partial charge in [-0.15, -0.1) is 24.0 Å². The SMILES string of the molecule is CN=C(NCCCC(=O)N1CCc2ccccc21)NC1CC=CC1.I. The minimum absolute atomic E-state index is 0. The summed E-state index contributed by atoms with van der Waals surface area (Å²) >= 11 is 0. The molecule has 6 heteroatoms. The lowest BCUT2D eigenvalue weighted by Crippen LogP contribution is -2.43. The highest BCUT2D eigenvalue weighted by Gasteiger charge is 2.23. The van der Waals surface area contributed by atoms with E-state index in [2.05, 4.69) is 33.8 Å². The third kappa shape index (κ3) is 5.20. The minimum atomic E-state index is 0. The molecule has 5 nitrogen and oxygen atoms in total. The van der Waals surface area contributed by atoms with Gasteiger partial charge in [0.05, 0.1) is 0 Å². The normalized spacial score (nSPS) is 16.5. The zero-order valence-electron chi connectivity index (χ0n) is 14.7. The number of guanidine groups is 1. The van der Waals surface area contributed by atoms with Crippen LogP contribution in [0.4, 0.5) is 5.69 Å². The van der Waals surface area contributed by atoms with Crippen molar-refractivity contribution in [3.05, 3.63) is 42.0 Å². The molecule has 2 N–H and O–H groups in total. The Morgan fingerprint density at radius 3 is 2.80 bits per heavy atom. The van der Waals surface area contributed by atoms with Crippen LogP contribution in [-0.2, 0) is 11.2 Å². The molecule has 0 atom stereocenters. The molecule has 0 bridgehead atoms. The van der Waals surface area contributed by atoms with Crippen LogP contribution in [-0.4, -0.2) is 38.0 Å². The number of rotatable bonds is 5. The Labute approximate surface area is 167 Å². The molecule has 1 aliphatic heterocycles. The van der Waals surface area contributed by atoms with Gasteiger partial charge in [-0.25, -0.2) is 0 Å². The number of hydrogen-bond acceptors (Lipinski definition) is 2. The van der Waals surface area contributed by atoms with Gasteiger partial charge in [-0.3, -0.25) is 9.79 Å². The van der Waals surface area contributed by atoms with Crippen LogP contribution < -0.4 is 15.5 Å². The van der Waals surface area contributed by atoms with Crippen LogP contribution in [0, 0.1) is 0 Å². The molecule has 1 aromatic carbocycles. The minimum Gasteiger partial charge on any atom is -0.356 e. The number of benzene rings is 1. The van der Waals surface area contributed by atoms with Gasteiger partial charge < -0.3 is 15.5 Å². The van der Waals surface area contributed by atoms with Crippen LogP contribution in [0.25, 0.3) is 0 Å². The van der Waals surface area contributed by atoms with Gasteiger partial charge in [0.25, 0.3) is 0 Å².